The smallest absolute Gasteiger partial charge is 0.270 e. The first kappa shape index (κ1) is 23.6. The number of amides is 1. The number of carbonyl (C=O) groups is 1. The van der Waals surface area contributed by atoms with Gasteiger partial charge in [-0.2, -0.15) is 4.31 Å². The van der Waals surface area contributed by atoms with Gasteiger partial charge in [0.25, 0.3) is 5.69 Å². The number of carbonyl (C=O) groups excluding carboxylic acids is 1. The van der Waals surface area contributed by atoms with Crippen molar-refractivity contribution >= 4 is 21.6 Å². The number of aromatic nitrogens is 1. The number of rotatable bonds is 7. The van der Waals surface area contributed by atoms with Crippen molar-refractivity contribution in [2.24, 2.45) is 0 Å². The molecule has 11 heteroatoms. The van der Waals surface area contributed by atoms with Gasteiger partial charge in [-0.05, 0) is 13.0 Å². The summed E-state index contributed by atoms with van der Waals surface area (Å²) in [7, 11) is -3.88. The molecule has 1 aliphatic heterocycles. The second kappa shape index (κ2) is 9.74. The van der Waals surface area contributed by atoms with Crippen LogP contribution in [0.15, 0.2) is 64.0 Å². The van der Waals surface area contributed by atoms with Gasteiger partial charge in [-0.15, -0.1) is 0 Å². The average molecular weight is 485 g/mol. The molecule has 0 N–H and O–H groups in total. The molecule has 0 unspecified atom stereocenters. The predicted molar refractivity (Wildman–Crippen MR) is 123 cm³/mol. The van der Waals surface area contributed by atoms with Crippen LogP contribution in [0, 0.1) is 17.0 Å². The van der Waals surface area contributed by atoms with Crippen molar-refractivity contribution in [1.82, 2.24) is 14.2 Å². The number of oxazole rings is 1. The van der Waals surface area contributed by atoms with E-state index in [1.807, 2.05) is 31.2 Å². The fraction of sp³-hybridized carbons (Fsp3) is 0.304. The maximum atomic E-state index is 12.9. The minimum atomic E-state index is -3.88. The topological polar surface area (TPSA) is 127 Å². The highest BCUT2D eigenvalue weighted by Crippen LogP contribution is 2.23. The maximum Gasteiger partial charge on any atom is 0.270 e. The molecule has 1 aliphatic rings. The van der Waals surface area contributed by atoms with Gasteiger partial charge in [-0.3, -0.25) is 14.9 Å². The molecule has 0 radical (unpaired) electrons. The predicted octanol–water partition coefficient (Wildman–Crippen LogP) is 3.02. The lowest BCUT2D eigenvalue weighted by atomic mass is 10.1. The van der Waals surface area contributed by atoms with Crippen molar-refractivity contribution in [2.75, 3.05) is 26.2 Å². The number of piperazine rings is 1. The van der Waals surface area contributed by atoms with E-state index in [9.17, 15) is 23.3 Å². The number of benzene rings is 2. The molecule has 0 aliphatic carbocycles. The van der Waals surface area contributed by atoms with Crippen LogP contribution in [-0.2, 0) is 21.2 Å². The monoisotopic (exact) mass is 484 g/mol. The van der Waals surface area contributed by atoms with Gasteiger partial charge in [0.1, 0.15) is 0 Å². The Hall–Kier alpha value is -3.57. The van der Waals surface area contributed by atoms with Crippen molar-refractivity contribution in [3.05, 3.63) is 76.3 Å². The average Bonchev–Trinajstić information content (AvgIpc) is 3.32. The van der Waals surface area contributed by atoms with Crippen molar-refractivity contribution in [3.63, 3.8) is 0 Å². The summed E-state index contributed by atoms with van der Waals surface area (Å²) < 4.78 is 32.7. The zero-order valence-electron chi connectivity index (χ0n) is 18.6. The Labute approximate surface area is 197 Å². The van der Waals surface area contributed by atoms with Crippen LogP contribution < -0.4 is 0 Å². The number of non-ortho nitro benzene ring substituents is 1. The van der Waals surface area contributed by atoms with Crippen molar-refractivity contribution < 1.29 is 22.6 Å². The Balaban J connectivity index is 1.31. The number of sulfonamides is 1. The Morgan fingerprint density at radius 1 is 1.12 bits per heavy atom. The van der Waals surface area contributed by atoms with Gasteiger partial charge in [0.2, 0.25) is 15.9 Å². The number of nitrogens with zero attached hydrogens (tertiary/aromatic N) is 4. The summed E-state index contributed by atoms with van der Waals surface area (Å²) in [5.41, 5.74) is 1.77. The minimum absolute atomic E-state index is 0.109. The van der Waals surface area contributed by atoms with E-state index in [0.29, 0.717) is 18.1 Å². The van der Waals surface area contributed by atoms with E-state index in [1.54, 1.807) is 11.1 Å². The standard InChI is InChI=1S/C23H24N4O6S/c1-17-5-7-18(8-6-17)21-16-24-22(33-21)9-10-23(28)25-11-13-26(14-12-25)34(31,32)20-4-2-3-19(15-20)27(29)30/h2-8,15-16H,9-14H2,1H3. The first-order chi connectivity index (χ1) is 16.2. The molecule has 2 heterocycles. The molecule has 34 heavy (non-hydrogen) atoms. The summed E-state index contributed by atoms with van der Waals surface area (Å²) >= 11 is 0. The van der Waals surface area contributed by atoms with Crippen molar-refractivity contribution in [1.29, 1.82) is 0 Å². The molecule has 0 bridgehead atoms. The summed E-state index contributed by atoms with van der Waals surface area (Å²) in [5.74, 6) is 1.00. The van der Waals surface area contributed by atoms with E-state index in [0.717, 1.165) is 17.2 Å². The van der Waals surface area contributed by atoms with E-state index < -0.39 is 14.9 Å². The van der Waals surface area contributed by atoms with Gasteiger partial charge < -0.3 is 9.32 Å². The van der Waals surface area contributed by atoms with Gasteiger partial charge in [-0.1, -0.05) is 35.9 Å². The zero-order chi connectivity index (χ0) is 24.3. The van der Waals surface area contributed by atoms with Crippen LogP contribution in [0.1, 0.15) is 17.9 Å². The Morgan fingerprint density at radius 2 is 1.82 bits per heavy atom. The van der Waals surface area contributed by atoms with Crippen LogP contribution in [0.25, 0.3) is 11.3 Å². The molecule has 0 atom stereocenters. The Kier molecular flexibility index (Phi) is 6.75. The van der Waals surface area contributed by atoms with E-state index in [1.165, 1.54) is 22.5 Å². The third kappa shape index (κ3) is 5.15. The Bertz CT molecular complexity index is 1300. The fourth-order valence-electron chi connectivity index (χ4n) is 3.73. The van der Waals surface area contributed by atoms with Gasteiger partial charge in [0.05, 0.1) is 16.0 Å². The fourth-order valence-corrected chi connectivity index (χ4v) is 5.20. The summed E-state index contributed by atoms with van der Waals surface area (Å²) in [6.45, 7) is 2.73. The quantitative estimate of drug-likeness (QED) is 0.373. The molecule has 1 saturated heterocycles. The van der Waals surface area contributed by atoms with E-state index in [4.69, 9.17) is 4.42 Å². The van der Waals surface area contributed by atoms with Crippen molar-refractivity contribution in [2.45, 2.75) is 24.7 Å². The largest absolute Gasteiger partial charge is 0.441 e. The third-order valence-corrected chi connectivity index (χ3v) is 7.59. The molecular weight excluding hydrogens is 460 g/mol. The van der Waals surface area contributed by atoms with Gasteiger partial charge in [0.15, 0.2) is 11.7 Å². The van der Waals surface area contributed by atoms with Crippen LogP contribution >= 0.6 is 0 Å². The third-order valence-electron chi connectivity index (χ3n) is 5.70. The zero-order valence-corrected chi connectivity index (χ0v) is 19.4. The summed E-state index contributed by atoms with van der Waals surface area (Å²) in [6.07, 6.45) is 2.18. The molecule has 0 spiro atoms. The SMILES string of the molecule is Cc1ccc(-c2cnc(CCC(=O)N3CCN(S(=O)(=O)c4cccc([N+](=O)[O-])c4)CC3)o2)cc1. The molecular formula is C23H24N4O6S. The Morgan fingerprint density at radius 3 is 2.50 bits per heavy atom. The van der Waals surface area contributed by atoms with Gasteiger partial charge in [0, 0.05) is 56.7 Å². The first-order valence-electron chi connectivity index (χ1n) is 10.8. The lowest BCUT2D eigenvalue weighted by molar-refractivity contribution is -0.385. The van der Waals surface area contributed by atoms with Gasteiger partial charge in [-0.25, -0.2) is 13.4 Å². The highest BCUT2D eigenvalue weighted by Gasteiger charge is 2.31. The highest BCUT2D eigenvalue weighted by molar-refractivity contribution is 7.89. The summed E-state index contributed by atoms with van der Waals surface area (Å²) in [4.78, 5) is 28.7. The van der Waals surface area contributed by atoms with Crippen LogP contribution in [0.5, 0.6) is 0 Å². The summed E-state index contributed by atoms with van der Waals surface area (Å²) in [5, 5.41) is 11.0. The molecule has 10 nitrogen and oxygen atoms in total. The van der Waals surface area contributed by atoms with Crippen molar-refractivity contribution in [3.8, 4) is 11.3 Å². The number of nitro benzene ring substituents is 1. The lowest BCUT2D eigenvalue weighted by Crippen LogP contribution is -2.50. The molecule has 178 valence electrons. The molecule has 1 amide bonds. The molecule has 2 aromatic carbocycles. The van der Waals surface area contributed by atoms with Crippen LogP contribution in [0.3, 0.4) is 0 Å². The van der Waals surface area contributed by atoms with Crippen LogP contribution in [0.2, 0.25) is 0 Å². The maximum absolute atomic E-state index is 12.9. The van der Waals surface area contributed by atoms with E-state index in [2.05, 4.69) is 4.98 Å². The number of hydrogen-bond donors (Lipinski definition) is 0. The second-order valence-electron chi connectivity index (χ2n) is 8.02. The second-order valence-corrected chi connectivity index (χ2v) is 9.96. The van der Waals surface area contributed by atoms with Gasteiger partial charge >= 0.3 is 0 Å². The number of nitro groups is 1. The molecule has 3 aromatic rings. The first-order valence-corrected chi connectivity index (χ1v) is 12.2. The molecule has 1 fully saturated rings. The molecule has 1 aromatic heterocycles. The normalized spacial score (nSPS) is 14.8. The lowest BCUT2D eigenvalue weighted by Gasteiger charge is -2.34. The molecule has 4 rings (SSSR count). The van der Waals surface area contributed by atoms with Crippen LogP contribution in [-0.4, -0.2) is 59.6 Å². The highest BCUT2D eigenvalue weighted by atomic mass is 32.2. The van der Waals surface area contributed by atoms with E-state index >= 15 is 0 Å². The van der Waals surface area contributed by atoms with Crippen LogP contribution in [0.4, 0.5) is 5.69 Å². The van der Waals surface area contributed by atoms with E-state index in [-0.39, 0.29) is 49.1 Å². The summed E-state index contributed by atoms with van der Waals surface area (Å²) in [6, 6.07) is 12.8. The number of hydrogen-bond acceptors (Lipinski definition) is 7. The number of aryl methyl sites for hydroxylation is 2. The minimum Gasteiger partial charge on any atom is -0.441 e. The molecule has 0 saturated carbocycles.